The first-order valence-electron chi connectivity index (χ1n) is 9.10. The van der Waals surface area contributed by atoms with Gasteiger partial charge in [-0.1, -0.05) is 24.3 Å². The molecule has 1 aromatic carbocycles. The number of fused-ring (bicyclic) bond motifs is 1. The quantitative estimate of drug-likeness (QED) is 0.653. The molecule has 4 radical (unpaired) electrons. The first-order valence-corrected chi connectivity index (χ1v) is 9.10. The fourth-order valence-electron chi connectivity index (χ4n) is 3.78. The number of aliphatic hydroxyl groups is 1. The van der Waals surface area contributed by atoms with Gasteiger partial charge in [0.15, 0.2) is 0 Å². The standard InChI is InChI=1S/C20H16B2N2O5/c21-20(22,28)14-5-2-1-4-11(14)13-10-17(25)29-18-12(13)7-8-16(23-18)24-9-3-6-15(24)19(26)27/h1-2,4-5,7-8,10,15,28H,3,6,9H2,(H,26,27)/t15-/m1/s1. The molecule has 0 spiro atoms. The zero-order valence-corrected chi connectivity index (χ0v) is 15.4. The lowest BCUT2D eigenvalue weighted by atomic mass is 9.60. The van der Waals surface area contributed by atoms with E-state index < -0.39 is 23.0 Å². The van der Waals surface area contributed by atoms with Gasteiger partial charge in [-0.2, -0.15) is 4.98 Å². The van der Waals surface area contributed by atoms with Gasteiger partial charge >= 0.3 is 11.6 Å². The maximum atomic E-state index is 12.2. The van der Waals surface area contributed by atoms with Crippen molar-refractivity contribution in [3.8, 4) is 11.1 Å². The molecule has 2 aromatic heterocycles. The van der Waals surface area contributed by atoms with E-state index in [1.807, 2.05) is 0 Å². The highest BCUT2D eigenvalue weighted by molar-refractivity contribution is 6.39. The van der Waals surface area contributed by atoms with Gasteiger partial charge in [0, 0.05) is 29.0 Å². The fourth-order valence-corrected chi connectivity index (χ4v) is 3.78. The monoisotopic (exact) mass is 386 g/mol. The zero-order chi connectivity index (χ0) is 20.8. The molecule has 4 rings (SSSR count). The number of carbonyl (C=O) groups is 1. The van der Waals surface area contributed by atoms with E-state index in [2.05, 4.69) is 4.98 Å². The Morgan fingerprint density at radius 2 is 1.97 bits per heavy atom. The van der Waals surface area contributed by atoms with Crippen LogP contribution in [0.3, 0.4) is 0 Å². The van der Waals surface area contributed by atoms with Crippen LogP contribution in [0.1, 0.15) is 18.4 Å². The van der Waals surface area contributed by atoms with Crippen molar-refractivity contribution >= 4 is 38.6 Å². The number of carboxylic acids is 1. The number of nitrogens with zero attached hydrogens (tertiary/aromatic N) is 2. The van der Waals surface area contributed by atoms with Crippen LogP contribution in [0.2, 0.25) is 0 Å². The van der Waals surface area contributed by atoms with E-state index in [4.69, 9.17) is 20.1 Å². The molecule has 9 heteroatoms. The van der Waals surface area contributed by atoms with Crippen molar-refractivity contribution in [3.05, 3.63) is 58.4 Å². The Balaban J connectivity index is 1.89. The summed E-state index contributed by atoms with van der Waals surface area (Å²) in [5, 5.41) is 17.9. The van der Waals surface area contributed by atoms with E-state index >= 15 is 0 Å². The molecule has 1 atom stereocenters. The molecule has 0 unspecified atom stereocenters. The van der Waals surface area contributed by atoms with Crippen LogP contribution >= 0.6 is 0 Å². The predicted molar refractivity (Wildman–Crippen MR) is 109 cm³/mol. The maximum Gasteiger partial charge on any atom is 0.338 e. The minimum Gasteiger partial charge on any atom is -0.480 e. The Bertz CT molecular complexity index is 1160. The SMILES string of the molecule is [B]C([B])(O)c1ccccc1-c1cc(=O)oc2nc(N3CCC[C@@H]3C(=O)O)ccc12. The molecule has 0 amide bonds. The number of aliphatic carboxylic acids is 1. The fraction of sp³-hybridized carbons (Fsp3) is 0.250. The minimum atomic E-state index is -2.10. The van der Waals surface area contributed by atoms with Crippen molar-refractivity contribution in [1.29, 1.82) is 0 Å². The summed E-state index contributed by atoms with van der Waals surface area (Å²) in [6.07, 6.45) is 1.26. The normalized spacial score (nSPS) is 17.0. The number of benzene rings is 1. The molecule has 0 saturated carbocycles. The Morgan fingerprint density at radius 3 is 2.69 bits per heavy atom. The van der Waals surface area contributed by atoms with Gasteiger partial charge in [-0.05, 0) is 36.1 Å². The topological polar surface area (TPSA) is 104 Å². The summed E-state index contributed by atoms with van der Waals surface area (Å²) >= 11 is 0. The van der Waals surface area contributed by atoms with Gasteiger partial charge < -0.3 is 19.5 Å². The molecule has 1 fully saturated rings. The van der Waals surface area contributed by atoms with Crippen LogP contribution in [0.5, 0.6) is 0 Å². The number of rotatable bonds is 4. The molecule has 0 aliphatic carbocycles. The van der Waals surface area contributed by atoms with Crippen LogP contribution in [0.4, 0.5) is 5.82 Å². The molecule has 0 bridgehead atoms. The molecular weight excluding hydrogens is 370 g/mol. The summed E-state index contributed by atoms with van der Waals surface area (Å²) in [5.74, 6) is -0.496. The lowest BCUT2D eigenvalue weighted by Crippen LogP contribution is -2.36. The Hall–Kier alpha value is -3.06. The number of aromatic nitrogens is 1. The number of hydrogen-bond donors (Lipinski definition) is 2. The second kappa shape index (κ2) is 7.08. The molecule has 1 aliphatic heterocycles. The number of hydrogen-bond acceptors (Lipinski definition) is 6. The van der Waals surface area contributed by atoms with Gasteiger partial charge in [0.25, 0.3) is 0 Å². The summed E-state index contributed by atoms with van der Waals surface area (Å²) in [6.45, 7) is 0.551. The second-order valence-corrected chi connectivity index (χ2v) is 7.06. The van der Waals surface area contributed by atoms with Crippen molar-refractivity contribution in [2.24, 2.45) is 0 Å². The maximum absolute atomic E-state index is 12.2. The summed E-state index contributed by atoms with van der Waals surface area (Å²) in [4.78, 5) is 29.8. The first kappa shape index (κ1) is 19.3. The van der Waals surface area contributed by atoms with Gasteiger partial charge in [-0.3, -0.25) is 0 Å². The third-order valence-corrected chi connectivity index (χ3v) is 5.08. The highest BCUT2D eigenvalue weighted by Gasteiger charge is 2.31. The minimum absolute atomic E-state index is 0.0634. The lowest BCUT2D eigenvalue weighted by Gasteiger charge is -2.24. The van der Waals surface area contributed by atoms with Crippen LogP contribution in [0.15, 0.2) is 51.7 Å². The Morgan fingerprint density at radius 1 is 1.21 bits per heavy atom. The van der Waals surface area contributed by atoms with E-state index in [9.17, 15) is 19.8 Å². The highest BCUT2D eigenvalue weighted by Crippen LogP contribution is 2.34. The van der Waals surface area contributed by atoms with Crippen LogP contribution in [-0.2, 0) is 10.2 Å². The van der Waals surface area contributed by atoms with Crippen LogP contribution in [0, 0.1) is 0 Å². The Kier molecular flexibility index (Phi) is 4.70. The van der Waals surface area contributed by atoms with E-state index in [1.54, 1.807) is 41.3 Å². The molecule has 3 aromatic rings. The van der Waals surface area contributed by atoms with Crippen molar-refractivity contribution in [3.63, 3.8) is 0 Å². The molecule has 29 heavy (non-hydrogen) atoms. The average Bonchev–Trinajstić information content (AvgIpc) is 3.16. The van der Waals surface area contributed by atoms with E-state index in [1.165, 1.54) is 6.07 Å². The molecular formula is C20H16B2N2O5. The second-order valence-electron chi connectivity index (χ2n) is 7.06. The average molecular weight is 386 g/mol. The number of pyridine rings is 1. The lowest BCUT2D eigenvalue weighted by molar-refractivity contribution is -0.138. The molecule has 7 nitrogen and oxygen atoms in total. The third-order valence-electron chi connectivity index (χ3n) is 5.08. The van der Waals surface area contributed by atoms with E-state index in [0.29, 0.717) is 35.3 Å². The zero-order valence-electron chi connectivity index (χ0n) is 15.4. The molecule has 1 saturated heterocycles. The predicted octanol–water partition coefficient (Wildman–Crippen LogP) is 1.35. The van der Waals surface area contributed by atoms with Gasteiger partial charge in [0.05, 0.1) is 0 Å². The van der Waals surface area contributed by atoms with Crippen molar-refractivity contribution in [2.75, 3.05) is 11.4 Å². The smallest absolute Gasteiger partial charge is 0.338 e. The number of carboxylic acid groups (broad SMARTS) is 1. The molecule has 142 valence electrons. The van der Waals surface area contributed by atoms with Gasteiger partial charge in [-0.15, -0.1) is 0 Å². The van der Waals surface area contributed by atoms with Gasteiger partial charge in [-0.25, -0.2) is 9.59 Å². The number of anilines is 1. The van der Waals surface area contributed by atoms with Crippen molar-refractivity contribution in [2.45, 2.75) is 24.3 Å². The molecule has 3 heterocycles. The summed E-state index contributed by atoms with van der Waals surface area (Å²) in [5.41, 5.74) is 0.587. The Labute approximate surface area is 168 Å². The summed E-state index contributed by atoms with van der Waals surface area (Å²) in [7, 11) is 11.4. The molecule has 2 N–H and O–H groups in total. The van der Waals surface area contributed by atoms with E-state index in [-0.39, 0.29) is 11.3 Å². The van der Waals surface area contributed by atoms with E-state index in [0.717, 1.165) is 6.42 Å². The highest BCUT2D eigenvalue weighted by atomic mass is 16.4. The summed E-state index contributed by atoms with van der Waals surface area (Å²) in [6, 6.07) is 10.7. The van der Waals surface area contributed by atoms with Crippen LogP contribution in [-0.4, -0.2) is 49.4 Å². The molecule has 1 aliphatic rings. The van der Waals surface area contributed by atoms with Gasteiger partial charge in [0.1, 0.15) is 27.6 Å². The van der Waals surface area contributed by atoms with Crippen LogP contribution in [0.25, 0.3) is 22.2 Å². The van der Waals surface area contributed by atoms with Crippen molar-refractivity contribution < 1.29 is 19.4 Å². The largest absolute Gasteiger partial charge is 0.480 e. The third kappa shape index (κ3) is 3.53. The van der Waals surface area contributed by atoms with Crippen molar-refractivity contribution in [1.82, 2.24) is 4.98 Å². The first-order chi connectivity index (χ1) is 13.8. The van der Waals surface area contributed by atoms with Crippen LogP contribution < -0.4 is 10.5 Å². The summed E-state index contributed by atoms with van der Waals surface area (Å²) < 4.78 is 5.28. The van der Waals surface area contributed by atoms with Gasteiger partial charge in [0.2, 0.25) is 5.71 Å².